The average Bonchev–Trinajstić information content (AvgIpc) is 3.68. The van der Waals surface area contributed by atoms with E-state index in [9.17, 15) is 29.1 Å². The molecule has 0 saturated carbocycles. The second-order valence-corrected chi connectivity index (χ2v) is 11.8. The summed E-state index contributed by atoms with van der Waals surface area (Å²) in [6, 6.07) is 6.79. The summed E-state index contributed by atoms with van der Waals surface area (Å²) in [5.41, 5.74) is 1.34. The molecule has 2 N–H and O–H groups in total. The number of cyclic esters (lactones) is 1. The van der Waals surface area contributed by atoms with E-state index in [0.717, 1.165) is 4.90 Å². The molecule has 16 nitrogen and oxygen atoms in total. The summed E-state index contributed by atoms with van der Waals surface area (Å²) in [5.74, 6) is -3.12. The quantitative estimate of drug-likeness (QED) is 0.188. The number of amides is 4. The standard InChI is InChI=1S/C28H26FN9O7S/c1-15(39)30-9-19-11-37(28(44)45-19)18-2-3-20(21(29)8-18)16-4-6-35(7-5-16)10-17-13-46-26-23(25(41)38(26)24(17)27(42)43)32-22(40)12-36-14-31-33-34-36/h2-8,14,19,23,26H,9-13H2,1H3,(H2-,30,32,39,40,42,43)/t19-,23+,26?/m0/s1. The van der Waals surface area contributed by atoms with Crippen molar-refractivity contribution < 1.29 is 42.8 Å². The maximum Gasteiger partial charge on any atom is 0.414 e. The van der Waals surface area contributed by atoms with Crippen LogP contribution in [0.15, 0.2) is 60.3 Å². The van der Waals surface area contributed by atoms with Crippen molar-refractivity contribution in [1.29, 1.82) is 0 Å². The fraction of sp³-hybridized carbons (Fsp3) is 0.321. The van der Waals surface area contributed by atoms with Crippen molar-refractivity contribution in [2.45, 2.75) is 37.5 Å². The third-order valence-corrected chi connectivity index (χ3v) is 8.89. The van der Waals surface area contributed by atoms with Crippen LogP contribution in [0.1, 0.15) is 6.92 Å². The number of nitrogens with one attached hydrogen (secondary N) is 2. The molecular formula is C28H26FN9O7S. The maximum absolute atomic E-state index is 15.2. The Hall–Kier alpha value is -5.39. The highest BCUT2D eigenvalue weighted by Crippen LogP contribution is 2.40. The van der Waals surface area contributed by atoms with Crippen LogP contribution in [-0.2, 0) is 37.0 Å². The minimum Gasteiger partial charge on any atom is -0.543 e. The fourth-order valence-corrected chi connectivity index (χ4v) is 6.71. The number of β-lactam (4-membered cyclic amide) rings is 1. The molecule has 18 heteroatoms. The first-order chi connectivity index (χ1) is 22.1. The number of carbonyl (C=O) groups is 5. The van der Waals surface area contributed by atoms with Gasteiger partial charge in [0.15, 0.2) is 18.9 Å². The fourth-order valence-electron chi connectivity index (χ4n) is 5.38. The van der Waals surface area contributed by atoms with Crippen molar-refractivity contribution >= 4 is 47.2 Å². The Labute approximate surface area is 264 Å². The Balaban J connectivity index is 1.11. The molecule has 3 aromatic rings. The van der Waals surface area contributed by atoms with Gasteiger partial charge in [-0.2, -0.15) is 0 Å². The lowest BCUT2D eigenvalue weighted by Gasteiger charge is -2.50. The van der Waals surface area contributed by atoms with Gasteiger partial charge in [-0.05, 0) is 34.2 Å². The largest absolute Gasteiger partial charge is 0.543 e. The van der Waals surface area contributed by atoms with Crippen LogP contribution in [-0.4, -0.2) is 91.3 Å². The number of carboxylic acid groups (broad SMARTS) is 1. The molecule has 3 aliphatic rings. The predicted molar refractivity (Wildman–Crippen MR) is 153 cm³/mol. The van der Waals surface area contributed by atoms with Gasteiger partial charge in [-0.15, -0.1) is 16.9 Å². The molecule has 0 spiro atoms. The molecule has 1 unspecified atom stereocenters. The number of hydrogen-bond donors (Lipinski definition) is 2. The molecule has 46 heavy (non-hydrogen) atoms. The van der Waals surface area contributed by atoms with Gasteiger partial charge in [0.2, 0.25) is 11.8 Å². The number of benzene rings is 1. The first-order valence-electron chi connectivity index (χ1n) is 14.0. The van der Waals surface area contributed by atoms with Crippen molar-refractivity contribution in [2.75, 3.05) is 23.7 Å². The molecule has 238 valence electrons. The van der Waals surface area contributed by atoms with Gasteiger partial charge in [0.25, 0.3) is 5.91 Å². The van der Waals surface area contributed by atoms with Gasteiger partial charge in [0, 0.05) is 35.9 Å². The molecule has 6 rings (SSSR count). The number of aromatic nitrogens is 5. The number of carboxylic acids is 1. The van der Waals surface area contributed by atoms with E-state index in [0.29, 0.717) is 16.8 Å². The van der Waals surface area contributed by atoms with Crippen LogP contribution in [0, 0.1) is 5.82 Å². The van der Waals surface area contributed by atoms with E-state index in [2.05, 4.69) is 26.2 Å². The van der Waals surface area contributed by atoms with E-state index in [-0.39, 0.29) is 49.1 Å². The highest BCUT2D eigenvalue weighted by atomic mass is 32.2. The Morgan fingerprint density at radius 2 is 1.98 bits per heavy atom. The van der Waals surface area contributed by atoms with Gasteiger partial charge in [-0.3, -0.25) is 24.2 Å². The summed E-state index contributed by atoms with van der Waals surface area (Å²) in [4.78, 5) is 63.3. The van der Waals surface area contributed by atoms with Crippen molar-refractivity contribution in [2.24, 2.45) is 0 Å². The number of carbonyl (C=O) groups excluding carboxylic acids is 5. The first kappa shape index (κ1) is 30.6. The zero-order valence-corrected chi connectivity index (χ0v) is 25.0. The molecule has 1 aromatic carbocycles. The minimum atomic E-state index is -1.50. The van der Waals surface area contributed by atoms with Gasteiger partial charge in [0.1, 0.15) is 36.2 Å². The summed E-state index contributed by atoms with van der Waals surface area (Å²) in [7, 11) is 0. The first-order valence-corrected chi connectivity index (χ1v) is 15.0. The van der Waals surface area contributed by atoms with Gasteiger partial charge >= 0.3 is 6.09 Å². The summed E-state index contributed by atoms with van der Waals surface area (Å²) in [6.07, 6.45) is 3.38. The van der Waals surface area contributed by atoms with E-state index in [1.165, 1.54) is 40.7 Å². The Morgan fingerprint density at radius 1 is 1.20 bits per heavy atom. The third kappa shape index (κ3) is 6.10. The predicted octanol–water partition coefficient (Wildman–Crippen LogP) is -1.67. The van der Waals surface area contributed by atoms with Crippen molar-refractivity contribution in [1.82, 2.24) is 35.7 Å². The number of nitrogens with zero attached hydrogens (tertiary/aromatic N) is 7. The lowest BCUT2D eigenvalue weighted by molar-refractivity contribution is -0.689. The van der Waals surface area contributed by atoms with Crippen LogP contribution in [0.2, 0.25) is 0 Å². The van der Waals surface area contributed by atoms with Crippen LogP contribution >= 0.6 is 11.8 Å². The van der Waals surface area contributed by atoms with Gasteiger partial charge in [0.05, 0.1) is 30.4 Å². The van der Waals surface area contributed by atoms with Crippen LogP contribution in [0.3, 0.4) is 0 Å². The van der Waals surface area contributed by atoms with Crippen molar-refractivity contribution in [3.05, 3.63) is 66.1 Å². The van der Waals surface area contributed by atoms with E-state index in [1.54, 1.807) is 41.2 Å². The molecule has 4 amide bonds. The molecule has 3 atom stereocenters. The number of tetrazole rings is 1. The lowest BCUT2D eigenvalue weighted by Crippen LogP contribution is -2.71. The molecule has 2 saturated heterocycles. The third-order valence-electron chi connectivity index (χ3n) is 7.55. The van der Waals surface area contributed by atoms with Crippen LogP contribution in [0.25, 0.3) is 11.1 Å². The van der Waals surface area contributed by atoms with Crippen LogP contribution in [0.4, 0.5) is 14.9 Å². The van der Waals surface area contributed by atoms with Crippen LogP contribution in [0.5, 0.6) is 0 Å². The second kappa shape index (κ2) is 12.5. The second-order valence-electron chi connectivity index (χ2n) is 10.7. The molecule has 0 bridgehead atoms. The number of rotatable bonds is 10. The Morgan fingerprint density at radius 3 is 2.65 bits per heavy atom. The number of ether oxygens (including phenoxy) is 1. The van der Waals surface area contributed by atoms with E-state index < -0.39 is 47.2 Å². The monoisotopic (exact) mass is 651 g/mol. The van der Waals surface area contributed by atoms with Crippen molar-refractivity contribution in [3.63, 3.8) is 0 Å². The highest BCUT2D eigenvalue weighted by molar-refractivity contribution is 8.00. The highest BCUT2D eigenvalue weighted by Gasteiger charge is 2.53. The number of thioether (sulfide) groups is 1. The Kier molecular flexibility index (Phi) is 8.35. The zero-order valence-electron chi connectivity index (χ0n) is 24.2. The van der Waals surface area contributed by atoms with Gasteiger partial charge in [-0.25, -0.2) is 18.4 Å². The summed E-state index contributed by atoms with van der Waals surface area (Å²) in [5, 5.41) is 27.2. The molecule has 2 aromatic heterocycles. The normalized spacial score (nSPS) is 20.6. The molecule has 2 fully saturated rings. The number of anilines is 1. The summed E-state index contributed by atoms with van der Waals surface area (Å²) in [6.45, 7) is 1.60. The number of halogens is 1. The maximum atomic E-state index is 15.2. The molecule has 0 aliphatic carbocycles. The topological polar surface area (TPSA) is 196 Å². The van der Waals surface area contributed by atoms with Crippen molar-refractivity contribution in [3.8, 4) is 11.1 Å². The number of pyridine rings is 1. The number of aliphatic carboxylic acids is 1. The lowest BCUT2D eigenvalue weighted by atomic mass is 10.0. The van der Waals surface area contributed by atoms with Crippen LogP contribution < -0.4 is 25.2 Å². The number of hydrogen-bond acceptors (Lipinski definition) is 11. The van der Waals surface area contributed by atoms with Gasteiger partial charge < -0.3 is 25.3 Å². The summed E-state index contributed by atoms with van der Waals surface area (Å²) >= 11 is 1.32. The summed E-state index contributed by atoms with van der Waals surface area (Å²) < 4.78 is 23.3. The van der Waals surface area contributed by atoms with Gasteiger partial charge in [-0.1, -0.05) is 0 Å². The minimum absolute atomic E-state index is 0.127. The smallest absolute Gasteiger partial charge is 0.414 e. The SMILES string of the molecule is CC(=O)NC[C@H]1CN(c2ccc(-c3cc[n+](CC4=C(C(=O)[O-])N5C(=O)[C@@H](NC(=O)Cn6cnnn6)C5SC4)cc3)c(F)c2)C(=O)O1. The van der Waals surface area contributed by atoms with E-state index in [4.69, 9.17) is 4.74 Å². The van der Waals surface area contributed by atoms with E-state index in [1.807, 2.05) is 0 Å². The zero-order chi connectivity index (χ0) is 32.5. The molecule has 0 radical (unpaired) electrons. The molecule has 5 heterocycles. The number of fused-ring (bicyclic) bond motifs is 1. The molecule has 3 aliphatic heterocycles. The van der Waals surface area contributed by atoms with E-state index >= 15 is 4.39 Å². The average molecular weight is 652 g/mol. The molecular weight excluding hydrogens is 625 g/mol. The Bertz CT molecular complexity index is 1750.